The van der Waals surface area contributed by atoms with Crippen molar-refractivity contribution >= 4 is 52.6 Å². The van der Waals surface area contributed by atoms with Gasteiger partial charge in [-0.2, -0.15) is 0 Å². The molecule has 1 N–H and O–H groups in total. The number of carbonyl (C=O) groups is 1. The second kappa shape index (κ2) is 12.2. The fourth-order valence-corrected chi connectivity index (χ4v) is 5.06. The molecule has 0 saturated heterocycles. The Kier molecular flexibility index (Phi) is 8.78. The van der Waals surface area contributed by atoms with E-state index in [4.69, 9.17) is 28.2 Å². The van der Waals surface area contributed by atoms with Crippen LogP contribution in [0.5, 0.6) is 0 Å². The van der Waals surface area contributed by atoms with E-state index in [9.17, 15) is 4.79 Å². The van der Waals surface area contributed by atoms with Crippen LogP contribution in [0.15, 0.2) is 106 Å². The van der Waals surface area contributed by atoms with E-state index in [0.717, 1.165) is 56.6 Å². The summed E-state index contributed by atoms with van der Waals surface area (Å²) in [7, 11) is 1.95. The van der Waals surface area contributed by atoms with Crippen molar-refractivity contribution in [3.63, 3.8) is 0 Å². The quantitative estimate of drug-likeness (QED) is 0.240. The van der Waals surface area contributed by atoms with Gasteiger partial charge in [0.2, 0.25) is 0 Å². The molecule has 0 spiro atoms. The fraction of sp³-hybridized carbons (Fsp3) is 0.103. The summed E-state index contributed by atoms with van der Waals surface area (Å²) in [6, 6.07) is 29.4. The van der Waals surface area contributed by atoms with Crippen molar-refractivity contribution < 1.29 is 4.79 Å². The van der Waals surface area contributed by atoms with Gasteiger partial charge in [-0.1, -0.05) is 83.5 Å². The third-order valence-electron chi connectivity index (χ3n) is 5.36. The molecule has 3 nitrogen and oxygen atoms in total. The van der Waals surface area contributed by atoms with Crippen LogP contribution in [0.25, 0.3) is 0 Å². The highest BCUT2D eigenvalue weighted by molar-refractivity contribution is 7.99. The summed E-state index contributed by atoms with van der Waals surface area (Å²) in [4.78, 5) is 18.2. The predicted molar refractivity (Wildman–Crippen MR) is 148 cm³/mol. The van der Waals surface area contributed by atoms with Crippen molar-refractivity contribution in [3.05, 3.63) is 123 Å². The smallest absolute Gasteiger partial charge is 0.150 e. The lowest BCUT2D eigenvalue weighted by Gasteiger charge is -2.09. The van der Waals surface area contributed by atoms with Crippen LogP contribution in [0.1, 0.15) is 27.0 Å². The van der Waals surface area contributed by atoms with Gasteiger partial charge in [-0.25, -0.2) is 4.99 Å². The first-order valence-electron chi connectivity index (χ1n) is 11.2. The SMILES string of the molecule is CNCCc1cccc(Cl)c1.O=Cc1ccc2c(c1)N=C(c1cccc(Cl)c1)c1ccccc1S2. The first-order valence-corrected chi connectivity index (χ1v) is 12.7. The van der Waals surface area contributed by atoms with Gasteiger partial charge in [0.25, 0.3) is 0 Å². The Hall–Kier alpha value is -2.89. The molecule has 1 heterocycles. The highest BCUT2D eigenvalue weighted by Crippen LogP contribution is 2.41. The first kappa shape index (κ1) is 25.2. The van der Waals surface area contributed by atoms with E-state index in [1.54, 1.807) is 11.8 Å². The van der Waals surface area contributed by atoms with Crippen LogP contribution >= 0.6 is 35.0 Å². The van der Waals surface area contributed by atoms with Gasteiger partial charge in [-0.05, 0) is 68.0 Å². The third-order valence-corrected chi connectivity index (χ3v) is 6.98. The van der Waals surface area contributed by atoms with Gasteiger partial charge >= 0.3 is 0 Å². The van der Waals surface area contributed by atoms with Crippen molar-refractivity contribution in [1.82, 2.24) is 5.32 Å². The molecule has 0 amide bonds. The lowest BCUT2D eigenvalue weighted by atomic mass is 10.0. The third kappa shape index (κ3) is 6.62. The molecule has 0 radical (unpaired) electrons. The Bertz CT molecular complexity index is 1370. The van der Waals surface area contributed by atoms with E-state index < -0.39 is 0 Å². The first-order chi connectivity index (χ1) is 17.1. The van der Waals surface area contributed by atoms with Crippen molar-refractivity contribution in [3.8, 4) is 0 Å². The van der Waals surface area contributed by atoms with Crippen LogP contribution in [0.4, 0.5) is 5.69 Å². The summed E-state index contributed by atoms with van der Waals surface area (Å²) in [5, 5.41) is 4.58. The van der Waals surface area contributed by atoms with E-state index in [1.165, 1.54) is 5.56 Å². The Morgan fingerprint density at radius 2 is 1.63 bits per heavy atom. The van der Waals surface area contributed by atoms with Gasteiger partial charge in [-0.15, -0.1) is 0 Å². The van der Waals surface area contributed by atoms with Crippen molar-refractivity contribution in [2.45, 2.75) is 16.2 Å². The van der Waals surface area contributed by atoms with Crippen molar-refractivity contribution in [2.24, 2.45) is 4.99 Å². The number of carbonyl (C=O) groups excluding carboxylic acids is 1. The number of rotatable bonds is 5. The van der Waals surface area contributed by atoms with Gasteiger partial charge in [0.15, 0.2) is 0 Å². The number of likely N-dealkylation sites (N-methyl/N-ethyl adjacent to an activating group) is 1. The molecular formula is C29H24Cl2N2OS. The van der Waals surface area contributed by atoms with Crippen LogP contribution in [-0.4, -0.2) is 25.6 Å². The summed E-state index contributed by atoms with van der Waals surface area (Å²) in [6.45, 7) is 1.00. The second-order valence-electron chi connectivity index (χ2n) is 7.90. The average molecular weight is 519 g/mol. The van der Waals surface area contributed by atoms with Crippen molar-refractivity contribution in [2.75, 3.05) is 13.6 Å². The number of nitrogens with zero attached hydrogens (tertiary/aromatic N) is 1. The molecule has 0 fully saturated rings. The van der Waals surface area contributed by atoms with Gasteiger partial charge in [0, 0.05) is 36.5 Å². The Morgan fingerprint density at radius 3 is 2.37 bits per heavy atom. The molecule has 0 aliphatic carbocycles. The average Bonchev–Trinajstić information content (AvgIpc) is 3.04. The summed E-state index contributed by atoms with van der Waals surface area (Å²) < 4.78 is 0. The van der Waals surface area contributed by atoms with Crippen molar-refractivity contribution in [1.29, 1.82) is 0 Å². The molecule has 6 heteroatoms. The maximum Gasteiger partial charge on any atom is 0.150 e. The van der Waals surface area contributed by atoms with E-state index in [2.05, 4.69) is 23.5 Å². The largest absolute Gasteiger partial charge is 0.319 e. The van der Waals surface area contributed by atoms with E-state index in [1.807, 2.05) is 79.8 Å². The van der Waals surface area contributed by atoms with Gasteiger partial charge < -0.3 is 5.32 Å². The second-order valence-corrected chi connectivity index (χ2v) is 9.85. The fourth-order valence-electron chi connectivity index (χ4n) is 3.65. The van der Waals surface area contributed by atoms with Crippen LogP contribution in [0, 0.1) is 0 Å². The number of aliphatic imine (C=N–C) groups is 1. The topological polar surface area (TPSA) is 41.5 Å². The number of hydrogen-bond acceptors (Lipinski definition) is 4. The van der Waals surface area contributed by atoms with Crippen LogP contribution in [0.3, 0.4) is 0 Å². The zero-order valence-corrected chi connectivity index (χ0v) is 21.5. The number of nitrogens with one attached hydrogen (secondary N) is 1. The molecule has 5 rings (SSSR count). The molecule has 0 atom stereocenters. The zero-order chi connectivity index (χ0) is 24.6. The number of benzene rings is 4. The zero-order valence-electron chi connectivity index (χ0n) is 19.2. The maximum absolute atomic E-state index is 11.1. The minimum atomic E-state index is 0.620. The molecule has 0 bridgehead atoms. The summed E-state index contributed by atoms with van der Waals surface area (Å²) in [5.41, 5.74) is 5.59. The standard InChI is InChI=1S/C20H12ClNOS.C9H12ClN/c21-15-5-3-4-14(11-15)20-16-6-1-2-7-18(16)24-19-9-8-13(12-23)10-17(19)22-20;1-11-6-5-8-3-2-4-9(10)7-8/h1-12H;2-4,7,11H,5-6H2,1H3. The van der Waals surface area contributed by atoms with Crippen LogP contribution in [-0.2, 0) is 6.42 Å². The number of hydrogen-bond donors (Lipinski definition) is 1. The molecule has 1 aliphatic rings. The van der Waals surface area contributed by atoms with E-state index in [0.29, 0.717) is 10.6 Å². The van der Waals surface area contributed by atoms with Gasteiger partial charge in [0.1, 0.15) is 6.29 Å². The van der Waals surface area contributed by atoms with Gasteiger partial charge in [-0.3, -0.25) is 4.79 Å². The normalized spacial score (nSPS) is 11.8. The lowest BCUT2D eigenvalue weighted by Crippen LogP contribution is -2.10. The summed E-state index contributed by atoms with van der Waals surface area (Å²) in [6.07, 6.45) is 1.88. The van der Waals surface area contributed by atoms with E-state index in [-0.39, 0.29) is 0 Å². The Balaban J connectivity index is 0.000000221. The molecule has 4 aromatic carbocycles. The highest BCUT2D eigenvalue weighted by Gasteiger charge is 2.19. The molecule has 35 heavy (non-hydrogen) atoms. The number of aldehydes is 1. The molecule has 0 aromatic heterocycles. The molecule has 0 saturated carbocycles. The number of halogens is 2. The number of fused-ring (bicyclic) bond motifs is 2. The van der Waals surface area contributed by atoms with Gasteiger partial charge in [0.05, 0.1) is 11.4 Å². The minimum Gasteiger partial charge on any atom is -0.319 e. The van der Waals surface area contributed by atoms with Crippen LogP contribution in [0.2, 0.25) is 10.0 Å². The molecule has 176 valence electrons. The maximum atomic E-state index is 11.1. The highest BCUT2D eigenvalue weighted by atomic mass is 35.5. The van der Waals surface area contributed by atoms with Crippen LogP contribution < -0.4 is 5.32 Å². The molecule has 4 aromatic rings. The minimum absolute atomic E-state index is 0.620. The van der Waals surface area contributed by atoms with E-state index >= 15 is 0 Å². The Labute approximate surface area is 220 Å². The Morgan fingerprint density at radius 1 is 0.857 bits per heavy atom. The lowest BCUT2D eigenvalue weighted by molar-refractivity contribution is 0.112. The summed E-state index contributed by atoms with van der Waals surface area (Å²) >= 11 is 13.6. The molecule has 1 aliphatic heterocycles. The monoisotopic (exact) mass is 518 g/mol. The molecular weight excluding hydrogens is 495 g/mol. The predicted octanol–water partition coefficient (Wildman–Crippen LogP) is 7.89. The molecule has 0 unspecified atom stereocenters. The summed E-state index contributed by atoms with van der Waals surface area (Å²) in [5.74, 6) is 0.